The Morgan fingerprint density at radius 3 is 2.59 bits per heavy atom. The van der Waals surface area contributed by atoms with Gasteiger partial charge in [-0.3, -0.25) is 9.59 Å². The predicted molar refractivity (Wildman–Crippen MR) is 106 cm³/mol. The second-order valence-electron chi connectivity index (χ2n) is 6.09. The third-order valence-electron chi connectivity index (χ3n) is 4.10. The molecule has 0 radical (unpaired) electrons. The first kappa shape index (κ1) is 19.0. The van der Waals surface area contributed by atoms with Crippen molar-refractivity contribution in [1.82, 2.24) is 4.57 Å². The summed E-state index contributed by atoms with van der Waals surface area (Å²) in [5.41, 5.74) is 2.09. The van der Waals surface area contributed by atoms with Gasteiger partial charge in [-0.1, -0.05) is 53.8 Å². The molecule has 0 saturated carbocycles. The monoisotopic (exact) mass is 382 g/mol. The summed E-state index contributed by atoms with van der Waals surface area (Å²) in [6, 6.07) is 17.8. The number of aromatic nitrogens is 1. The van der Waals surface area contributed by atoms with Gasteiger partial charge >= 0.3 is 5.97 Å². The fourth-order valence-electron chi connectivity index (χ4n) is 2.85. The minimum absolute atomic E-state index is 0.0496. The SMILES string of the molecule is CCOC(=O)Cn1c(=NC(=O)CCCc2ccccc2)sc2ccccc21. The van der Waals surface area contributed by atoms with E-state index in [4.69, 9.17) is 4.74 Å². The number of nitrogens with zero attached hydrogens (tertiary/aromatic N) is 2. The first-order valence-corrected chi connectivity index (χ1v) is 9.84. The number of carbonyl (C=O) groups is 2. The Morgan fingerprint density at radius 2 is 1.81 bits per heavy atom. The Hall–Kier alpha value is -2.73. The topological polar surface area (TPSA) is 60.7 Å². The fraction of sp³-hybridized carbons (Fsp3) is 0.286. The quantitative estimate of drug-likeness (QED) is 0.585. The molecule has 0 atom stereocenters. The molecule has 0 fully saturated rings. The number of hydrogen-bond acceptors (Lipinski definition) is 4. The molecule has 0 aliphatic heterocycles. The number of para-hydroxylation sites is 1. The summed E-state index contributed by atoms with van der Waals surface area (Å²) in [6.45, 7) is 2.15. The van der Waals surface area contributed by atoms with Crippen LogP contribution in [0.4, 0.5) is 0 Å². The average Bonchev–Trinajstić information content (AvgIpc) is 3.00. The zero-order chi connectivity index (χ0) is 19.1. The van der Waals surface area contributed by atoms with Crippen LogP contribution in [0, 0.1) is 0 Å². The van der Waals surface area contributed by atoms with Gasteiger partial charge in [-0.15, -0.1) is 0 Å². The lowest BCUT2D eigenvalue weighted by atomic mass is 10.1. The zero-order valence-corrected chi connectivity index (χ0v) is 16.1. The van der Waals surface area contributed by atoms with Crippen LogP contribution in [0.5, 0.6) is 0 Å². The van der Waals surface area contributed by atoms with E-state index in [9.17, 15) is 9.59 Å². The van der Waals surface area contributed by atoms with E-state index in [1.165, 1.54) is 16.9 Å². The molecule has 1 heterocycles. The molecule has 1 amide bonds. The normalized spacial score (nSPS) is 11.7. The second-order valence-corrected chi connectivity index (χ2v) is 7.10. The Kier molecular flexibility index (Phi) is 6.54. The van der Waals surface area contributed by atoms with Gasteiger partial charge < -0.3 is 9.30 Å². The molecule has 27 heavy (non-hydrogen) atoms. The summed E-state index contributed by atoms with van der Waals surface area (Å²) in [7, 11) is 0. The number of esters is 1. The van der Waals surface area contributed by atoms with Crippen LogP contribution in [0.15, 0.2) is 59.6 Å². The van der Waals surface area contributed by atoms with Crippen LogP contribution in [-0.2, 0) is 27.3 Å². The van der Waals surface area contributed by atoms with Crippen molar-refractivity contribution in [2.24, 2.45) is 4.99 Å². The number of rotatable bonds is 7. The Bertz CT molecular complexity index is 989. The van der Waals surface area contributed by atoms with Crippen LogP contribution in [0.25, 0.3) is 10.2 Å². The van der Waals surface area contributed by atoms with Gasteiger partial charge in [-0.25, -0.2) is 0 Å². The molecule has 1 aromatic heterocycles. The van der Waals surface area contributed by atoms with E-state index in [1.807, 2.05) is 42.5 Å². The highest BCUT2D eigenvalue weighted by Crippen LogP contribution is 2.17. The molecule has 0 saturated heterocycles. The van der Waals surface area contributed by atoms with E-state index >= 15 is 0 Å². The Balaban J connectivity index is 1.77. The molecule has 5 nitrogen and oxygen atoms in total. The number of amides is 1. The van der Waals surface area contributed by atoms with Crippen LogP contribution in [0.3, 0.4) is 0 Å². The second kappa shape index (κ2) is 9.28. The van der Waals surface area contributed by atoms with E-state index in [0.717, 1.165) is 23.1 Å². The maximum atomic E-state index is 12.4. The summed E-state index contributed by atoms with van der Waals surface area (Å²) in [5.74, 6) is -0.505. The van der Waals surface area contributed by atoms with E-state index in [1.54, 1.807) is 11.5 Å². The van der Waals surface area contributed by atoms with Crippen LogP contribution in [0.1, 0.15) is 25.3 Å². The van der Waals surface area contributed by atoms with E-state index in [0.29, 0.717) is 17.8 Å². The minimum atomic E-state index is -0.334. The van der Waals surface area contributed by atoms with Crippen molar-refractivity contribution in [2.75, 3.05) is 6.61 Å². The molecule has 2 aromatic carbocycles. The van der Waals surface area contributed by atoms with Crippen LogP contribution < -0.4 is 4.80 Å². The van der Waals surface area contributed by atoms with Gasteiger partial charge in [0.15, 0.2) is 4.80 Å². The molecule has 6 heteroatoms. The summed E-state index contributed by atoms with van der Waals surface area (Å²) in [5, 5.41) is 0. The Morgan fingerprint density at radius 1 is 1.07 bits per heavy atom. The molecular weight excluding hydrogens is 360 g/mol. The molecule has 0 aliphatic carbocycles. The molecule has 140 valence electrons. The van der Waals surface area contributed by atoms with Gasteiger partial charge in [-0.2, -0.15) is 4.99 Å². The van der Waals surface area contributed by atoms with Crippen LogP contribution in [0.2, 0.25) is 0 Å². The largest absolute Gasteiger partial charge is 0.465 e. The van der Waals surface area contributed by atoms with Crippen molar-refractivity contribution in [2.45, 2.75) is 32.7 Å². The molecule has 3 rings (SSSR count). The first-order valence-electron chi connectivity index (χ1n) is 9.03. The van der Waals surface area contributed by atoms with E-state index in [-0.39, 0.29) is 18.4 Å². The molecule has 0 bridgehead atoms. The molecular formula is C21H22N2O3S. The van der Waals surface area contributed by atoms with Crippen molar-refractivity contribution in [3.63, 3.8) is 0 Å². The third-order valence-corrected chi connectivity index (χ3v) is 5.16. The highest BCUT2D eigenvalue weighted by Gasteiger charge is 2.11. The maximum absolute atomic E-state index is 12.4. The van der Waals surface area contributed by atoms with Crippen LogP contribution in [-0.4, -0.2) is 23.1 Å². The van der Waals surface area contributed by atoms with Gasteiger partial charge in [0.25, 0.3) is 0 Å². The molecule has 3 aromatic rings. The fourth-order valence-corrected chi connectivity index (χ4v) is 3.89. The van der Waals surface area contributed by atoms with E-state index < -0.39 is 0 Å². The third kappa shape index (κ3) is 5.14. The van der Waals surface area contributed by atoms with Gasteiger partial charge in [-0.05, 0) is 37.5 Å². The zero-order valence-electron chi connectivity index (χ0n) is 15.3. The van der Waals surface area contributed by atoms with Gasteiger partial charge in [0.1, 0.15) is 6.54 Å². The van der Waals surface area contributed by atoms with Crippen molar-refractivity contribution in [3.8, 4) is 0 Å². The van der Waals surface area contributed by atoms with Crippen molar-refractivity contribution < 1.29 is 14.3 Å². The molecule has 0 unspecified atom stereocenters. The average molecular weight is 382 g/mol. The molecule has 0 aliphatic rings. The molecule has 0 spiro atoms. The number of thiazole rings is 1. The van der Waals surface area contributed by atoms with Crippen molar-refractivity contribution in [1.29, 1.82) is 0 Å². The number of benzene rings is 2. The number of carbonyl (C=O) groups excluding carboxylic acids is 2. The number of fused-ring (bicyclic) bond motifs is 1. The lowest BCUT2D eigenvalue weighted by Gasteiger charge is -2.05. The Labute approximate surface area is 161 Å². The smallest absolute Gasteiger partial charge is 0.326 e. The predicted octanol–water partition coefficient (Wildman–Crippen LogP) is 3.72. The van der Waals surface area contributed by atoms with Gasteiger partial charge in [0.05, 0.1) is 16.8 Å². The van der Waals surface area contributed by atoms with Crippen molar-refractivity contribution >= 4 is 33.4 Å². The number of ether oxygens (including phenoxy) is 1. The number of hydrogen-bond donors (Lipinski definition) is 0. The van der Waals surface area contributed by atoms with Crippen molar-refractivity contribution in [3.05, 3.63) is 65.0 Å². The lowest BCUT2D eigenvalue weighted by Crippen LogP contribution is -2.23. The minimum Gasteiger partial charge on any atom is -0.465 e. The van der Waals surface area contributed by atoms with Crippen LogP contribution >= 0.6 is 11.3 Å². The van der Waals surface area contributed by atoms with Gasteiger partial charge in [0.2, 0.25) is 5.91 Å². The summed E-state index contributed by atoms with van der Waals surface area (Å²) >= 11 is 1.41. The summed E-state index contributed by atoms with van der Waals surface area (Å²) < 4.78 is 7.80. The van der Waals surface area contributed by atoms with E-state index in [2.05, 4.69) is 17.1 Å². The standard InChI is InChI=1S/C21H22N2O3S/c1-2-26-20(25)15-23-17-12-6-7-13-18(17)27-21(23)22-19(24)14-8-11-16-9-4-3-5-10-16/h3-7,9-10,12-13H,2,8,11,14-15H2,1H3. The first-order chi connectivity index (χ1) is 13.2. The van der Waals surface area contributed by atoms with Gasteiger partial charge in [0, 0.05) is 6.42 Å². The number of aryl methyl sites for hydroxylation is 1. The summed E-state index contributed by atoms with van der Waals surface area (Å²) in [6.07, 6.45) is 1.97. The lowest BCUT2D eigenvalue weighted by molar-refractivity contribution is -0.143. The highest BCUT2D eigenvalue weighted by atomic mass is 32.1. The maximum Gasteiger partial charge on any atom is 0.326 e. The summed E-state index contributed by atoms with van der Waals surface area (Å²) in [4.78, 5) is 29.1. The molecule has 0 N–H and O–H groups in total. The highest BCUT2D eigenvalue weighted by molar-refractivity contribution is 7.16.